The Balaban J connectivity index is 0.00000112. The number of halogens is 1. The maximum atomic E-state index is 8.88. The predicted molar refractivity (Wildman–Crippen MR) is 66.5 cm³/mol. The second kappa shape index (κ2) is 5.13. The van der Waals surface area contributed by atoms with Crippen molar-refractivity contribution in [1.82, 2.24) is 0 Å². The Bertz CT molecular complexity index is 499. The Morgan fingerprint density at radius 3 is 2.87 bits per heavy atom. The van der Waals surface area contributed by atoms with Crippen molar-refractivity contribution in [3.05, 3.63) is 34.7 Å². The zero-order valence-electron chi connectivity index (χ0n) is 8.06. The molecule has 0 radical (unpaired) electrons. The molecule has 2 nitrogen and oxygen atoms in total. The van der Waals surface area contributed by atoms with E-state index in [1.54, 1.807) is 11.3 Å². The van der Waals surface area contributed by atoms with Gasteiger partial charge < -0.3 is 5.73 Å². The second-order valence-electron chi connectivity index (χ2n) is 3.13. The van der Waals surface area contributed by atoms with E-state index in [-0.39, 0.29) is 12.4 Å². The molecule has 0 saturated heterocycles. The van der Waals surface area contributed by atoms with Crippen molar-refractivity contribution in [3.63, 3.8) is 0 Å². The third kappa shape index (κ3) is 2.29. The number of nitrogens with two attached hydrogens (primary N) is 1. The molecule has 15 heavy (non-hydrogen) atoms. The average Bonchev–Trinajstić information content (AvgIpc) is 2.60. The molecule has 0 aliphatic carbocycles. The topological polar surface area (TPSA) is 49.8 Å². The fourth-order valence-electron chi connectivity index (χ4n) is 1.49. The van der Waals surface area contributed by atoms with Crippen LogP contribution in [0.1, 0.15) is 11.1 Å². The van der Waals surface area contributed by atoms with E-state index < -0.39 is 0 Å². The molecule has 0 aliphatic rings. The first kappa shape index (κ1) is 12.0. The lowest BCUT2D eigenvalue weighted by molar-refractivity contribution is 0.971. The minimum Gasteiger partial charge on any atom is -0.330 e. The summed E-state index contributed by atoms with van der Waals surface area (Å²) in [6.07, 6.45) is 0.872. The van der Waals surface area contributed by atoms with Gasteiger partial charge in [-0.25, -0.2) is 0 Å². The SMILES string of the molecule is Cl.N#Cc1csc2ccc(CCN)cc12. The summed E-state index contributed by atoms with van der Waals surface area (Å²) >= 11 is 1.61. The van der Waals surface area contributed by atoms with Crippen molar-refractivity contribution in [2.24, 2.45) is 5.73 Å². The number of nitrogens with zero attached hydrogens (tertiary/aromatic N) is 1. The van der Waals surface area contributed by atoms with Crippen molar-refractivity contribution in [3.8, 4) is 6.07 Å². The van der Waals surface area contributed by atoms with Gasteiger partial charge in [-0.05, 0) is 30.7 Å². The number of nitriles is 1. The molecule has 0 unspecified atom stereocenters. The highest BCUT2D eigenvalue weighted by atomic mass is 35.5. The molecule has 2 aromatic rings. The molecule has 78 valence electrons. The Morgan fingerprint density at radius 2 is 2.20 bits per heavy atom. The fraction of sp³-hybridized carbons (Fsp3) is 0.182. The van der Waals surface area contributed by atoms with Gasteiger partial charge in [0.05, 0.1) is 5.56 Å². The minimum absolute atomic E-state index is 0. The summed E-state index contributed by atoms with van der Waals surface area (Å²) < 4.78 is 1.17. The largest absolute Gasteiger partial charge is 0.330 e. The van der Waals surface area contributed by atoms with E-state index in [0.29, 0.717) is 6.54 Å². The summed E-state index contributed by atoms with van der Waals surface area (Å²) in [7, 11) is 0. The van der Waals surface area contributed by atoms with Gasteiger partial charge in [-0.2, -0.15) is 5.26 Å². The lowest BCUT2D eigenvalue weighted by Gasteiger charge is -1.98. The fourth-order valence-corrected chi connectivity index (χ4v) is 2.35. The van der Waals surface area contributed by atoms with E-state index in [2.05, 4.69) is 24.3 Å². The van der Waals surface area contributed by atoms with Crippen LogP contribution in [0.25, 0.3) is 10.1 Å². The van der Waals surface area contributed by atoms with Crippen molar-refractivity contribution in [2.45, 2.75) is 6.42 Å². The highest BCUT2D eigenvalue weighted by Gasteiger charge is 2.03. The van der Waals surface area contributed by atoms with Crippen LogP contribution in [0.15, 0.2) is 23.6 Å². The second-order valence-corrected chi connectivity index (χ2v) is 4.04. The summed E-state index contributed by atoms with van der Waals surface area (Å²) in [4.78, 5) is 0. The van der Waals surface area contributed by atoms with Crippen LogP contribution in [0.2, 0.25) is 0 Å². The highest BCUT2D eigenvalue weighted by Crippen LogP contribution is 2.26. The third-order valence-corrected chi connectivity index (χ3v) is 3.15. The van der Waals surface area contributed by atoms with Crippen molar-refractivity contribution in [2.75, 3.05) is 6.54 Å². The van der Waals surface area contributed by atoms with Gasteiger partial charge in [0.25, 0.3) is 0 Å². The van der Waals surface area contributed by atoms with E-state index in [0.717, 1.165) is 17.4 Å². The van der Waals surface area contributed by atoms with Crippen molar-refractivity contribution >= 4 is 33.8 Å². The maximum Gasteiger partial charge on any atom is 0.101 e. The Hall–Kier alpha value is -1.08. The molecule has 0 spiro atoms. The molecule has 2 rings (SSSR count). The van der Waals surface area contributed by atoms with E-state index in [1.807, 2.05) is 5.38 Å². The highest BCUT2D eigenvalue weighted by molar-refractivity contribution is 7.17. The average molecular weight is 239 g/mol. The van der Waals surface area contributed by atoms with Crippen LogP contribution < -0.4 is 5.73 Å². The first-order valence-electron chi connectivity index (χ1n) is 4.45. The lowest BCUT2D eigenvalue weighted by atomic mass is 10.1. The van der Waals surface area contributed by atoms with E-state index >= 15 is 0 Å². The van der Waals surface area contributed by atoms with E-state index in [4.69, 9.17) is 11.0 Å². The van der Waals surface area contributed by atoms with Crippen LogP contribution >= 0.6 is 23.7 Å². The first-order valence-corrected chi connectivity index (χ1v) is 5.33. The molecule has 0 amide bonds. The van der Waals surface area contributed by atoms with Crippen LogP contribution in [-0.2, 0) is 6.42 Å². The van der Waals surface area contributed by atoms with Gasteiger partial charge in [-0.15, -0.1) is 23.7 Å². The summed E-state index contributed by atoms with van der Waals surface area (Å²) in [6.45, 7) is 0.650. The summed E-state index contributed by atoms with van der Waals surface area (Å²) in [5.41, 5.74) is 7.46. The van der Waals surface area contributed by atoms with Crippen molar-refractivity contribution in [1.29, 1.82) is 5.26 Å². The molecule has 4 heteroatoms. The van der Waals surface area contributed by atoms with Crippen LogP contribution in [0.4, 0.5) is 0 Å². The van der Waals surface area contributed by atoms with Gasteiger partial charge in [-0.1, -0.05) is 6.07 Å². The molecule has 0 atom stereocenters. The molecule has 1 heterocycles. The number of rotatable bonds is 2. The van der Waals surface area contributed by atoms with Gasteiger partial charge in [0.2, 0.25) is 0 Å². The number of benzene rings is 1. The molecule has 0 bridgehead atoms. The van der Waals surface area contributed by atoms with Gasteiger partial charge in [0.1, 0.15) is 6.07 Å². The van der Waals surface area contributed by atoms with Crippen LogP contribution in [0.3, 0.4) is 0 Å². The molecule has 0 aliphatic heterocycles. The Morgan fingerprint density at radius 1 is 1.40 bits per heavy atom. The normalized spacial score (nSPS) is 9.60. The number of hydrogen-bond acceptors (Lipinski definition) is 3. The molecule has 0 fully saturated rings. The quantitative estimate of drug-likeness (QED) is 0.875. The summed E-state index contributed by atoms with van der Waals surface area (Å²) in [6, 6.07) is 8.40. The first-order chi connectivity index (χ1) is 6.85. The predicted octanol–water partition coefficient (Wildman–Crippen LogP) is 2.70. The monoisotopic (exact) mass is 238 g/mol. The lowest BCUT2D eigenvalue weighted by Crippen LogP contribution is -2.02. The molecule has 1 aromatic carbocycles. The van der Waals surface area contributed by atoms with E-state index in [9.17, 15) is 0 Å². The maximum absolute atomic E-state index is 8.88. The summed E-state index contributed by atoms with van der Waals surface area (Å²) in [5, 5.41) is 11.8. The zero-order valence-corrected chi connectivity index (χ0v) is 9.70. The van der Waals surface area contributed by atoms with Crippen LogP contribution in [0.5, 0.6) is 0 Å². The smallest absolute Gasteiger partial charge is 0.101 e. The number of fused-ring (bicyclic) bond motifs is 1. The Labute approximate surface area is 98.7 Å². The molecule has 0 saturated carbocycles. The van der Waals surface area contributed by atoms with Crippen LogP contribution in [-0.4, -0.2) is 6.54 Å². The summed E-state index contributed by atoms with van der Waals surface area (Å²) in [5.74, 6) is 0. The van der Waals surface area contributed by atoms with E-state index in [1.165, 1.54) is 10.3 Å². The van der Waals surface area contributed by atoms with Crippen LogP contribution in [0, 0.1) is 11.3 Å². The Kier molecular flexibility index (Phi) is 4.10. The molecule has 1 aromatic heterocycles. The third-order valence-electron chi connectivity index (χ3n) is 2.19. The van der Waals surface area contributed by atoms with Gasteiger partial charge in [-0.3, -0.25) is 0 Å². The standard InChI is InChI=1S/C11H10N2S.ClH/c12-4-3-8-1-2-11-10(5-8)9(6-13)7-14-11;/h1-2,5,7H,3-4,12H2;1H. The minimum atomic E-state index is 0. The van der Waals surface area contributed by atoms with Gasteiger partial charge in [0.15, 0.2) is 0 Å². The molecular weight excluding hydrogens is 228 g/mol. The number of hydrogen-bond donors (Lipinski definition) is 1. The van der Waals surface area contributed by atoms with Gasteiger partial charge >= 0.3 is 0 Å². The molecular formula is C11H11ClN2S. The van der Waals surface area contributed by atoms with Gasteiger partial charge in [0, 0.05) is 15.5 Å². The van der Waals surface area contributed by atoms with Crippen molar-refractivity contribution < 1.29 is 0 Å². The number of thiophene rings is 1. The zero-order chi connectivity index (χ0) is 9.97. The molecule has 2 N–H and O–H groups in total.